The van der Waals surface area contributed by atoms with Gasteiger partial charge in [-0.1, -0.05) is 12.1 Å². The van der Waals surface area contributed by atoms with Gasteiger partial charge in [0.1, 0.15) is 5.60 Å². The highest BCUT2D eigenvalue weighted by Crippen LogP contribution is 2.39. The summed E-state index contributed by atoms with van der Waals surface area (Å²) < 4.78 is 56.6. The Morgan fingerprint density at radius 2 is 1.72 bits per heavy atom. The van der Waals surface area contributed by atoms with Crippen LogP contribution in [-0.2, 0) is 20.2 Å². The Balaban J connectivity index is 2.40. The van der Waals surface area contributed by atoms with Gasteiger partial charge >= 0.3 is 19.4 Å². The molecule has 11 heteroatoms. The summed E-state index contributed by atoms with van der Waals surface area (Å²) in [6, 6.07) is 3.15. The minimum Gasteiger partial charge on any atom is -0.444 e. The summed E-state index contributed by atoms with van der Waals surface area (Å²) in [6.07, 6.45) is -3.58. The van der Waals surface area contributed by atoms with Crippen molar-refractivity contribution in [2.75, 3.05) is 12.0 Å². The van der Waals surface area contributed by atoms with E-state index in [9.17, 15) is 18.0 Å². The zero-order chi connectivity index (χ0) is 24.5. The summed E-state index contributed by atoms with van der Waals surface area (Å²) in [5, 5.41) is 2.64. The number of alkyl carbamates (subject to hydrolysis) is 1. The molecule has 0 atom stereocenters. The average molecular weight is 457 g/mol. The monoisotopic (exact) mass is 457 g/mol. The summed E-state index contributed by atoms with van der Waals surface area (Å²) >= 11 is 0. The Labute approximate surface area is 187 Å². The van der Waals surface area contributed by atoms with Crippen LogP contribution >= 0.6 is 0 Å². The fraction of sp³-hybridized carbons (Fsp3) is 0.571. The third-order valence-electron chi connectivity index (χ3n) is 5.27. The van der Waals surface area contributed by atoms with Crippen molar-refractivity contribution >= 4 is 25.0 Å². The first-order chi connectivity index (χ1) is 14.4. The van der Waals surface area contributed by atoms with Crippen LogP contribution in [0.4, 0.5) is 23.7 Å². The van der Waals surface area contributed by atoms with E-state index in [2.05, 4.69) is 10.7 Å². The second kappa shape index (κ2) is 8.95. The number of ether oxygens (including phenoxy) is 1. The third-order valence-corrected chi connectivity index (χ3v) is 5.27. The Kier molecular flexibility index (Phi) is 7.28. The number of nitrogen functional groups attached to an aromatic ring is 1. The van der Waals surface area contributed by atoms with Gasteiger partial charge in [-0.25, -0.2) is 4.79 Å². The largest absolute Gasteiger partial charge is 0.492 e. The Hall–Kier alpha value is -2.24. The van der Waals surface area contributed by atoms with Crippen molar-refractivity contribution < 1.29 is 32.0 Å². The number of anilines is 1. The molecule has 1 fully saturated rings. The predicted molar refractivity (Wildman–Crippen MR) is 118 cm³/mol. The molecular weight excluding hydrogens is 426 g/mol. The van der Waals surface area contributed by atoms with Gasteiger partial charge in [0, 0.05) is 6.54 Å². The van der Waals surface area contributed by atoms with Gasteiger partial charge < -0.3 is 24.8 Å². The van der Waals surface area contributed by atoms with Crippen molar-refractivity contribution in [3.05, 3.63) is 34.8 Å². The first kappa shape index (κ1) is 26.0. The molecule has 0 aromatic heterocycles. The van der Waals surface area contributed by atoms with Crippen molar-refractivity contribution in [2.24, 2.45) is 5.84 Å². The maximum atomic E-state index is 13.1. The lowest BCUT2D eigenvalue weighted by atomic mass is 9.76. The van der Waals surface area contributed by atoms with Crippen LogP contribution in [-0.4, -0.2) is 36.6 Å². The predicted octanol–water partition coefficient (Wildman–Crippen LogP) is 4.53. The van der Waals surface area contributed by atoms with Crippen LogP contribution in [0.25, 0.3) is 6.08 Å². The van der Waals surface area contributed by atoms with Crippen LogP contribution in [0.5, 0.6) is 0 Å². The number of benzene rings is 1. The van der Waals surface area contributed by atoms with Crippen LogP contribution in [0, 0.1) is 0 Å². The quantitative estimate of drug-likeness (QED) is 0.342. The first-order valence-electron chi connectivity index (χ1n) is 10.2. The molecule has 0 unspecified atom stereocenters. The van der Waals surface area contributed by atoms with Crippen LogP contribution < -0.4 is 16.6 Å². The highest BCUT2D eigenvalue weighted by atomic mass is 19.4. The fourth-order valence-corrected chi connectivity index (χ4v) is 2.87. The molecule has 1 saturated heterocycles. The normalized spacial score (nSPS) is 18.5. The number of carbonyl (C=O) groups excluding carboxylic acids is 1. The molecule has 1 heterocycles. The van der Waals surface area contributed by atoms with E-state index in [0.29, 0.717) is 11.0 Å². The number of nitrogens with two attached hydrogens (primary N) is 1. The number of hydrogen-bond donors (Lipinski definition) is 3. The summed E-state index contributed by atoms with van der Waals surface area (Å²) in [5.41, 5.74) is 0.361. The first-order valence-corrected chi connectivity index (χ1v) is 10.2. The lowest BCUT2D eigenvalue weighted by Gasteiger charge is -2.32. The molecule has 0 bridgehead atoms. The van der Waals surface area contributed by atoms with E-state index in [1.54, 1.807) is 26.8 Å². The average Bonchev–Trinajstić information content (AvgIpc) is 2.83. The number of hydrogen-bond acceptors (Lipinski definition) is 6. The van der Waals surface area contributed by atoms with E-state index in [4.69, 9.17) is 19.9 Å². The molecule has 1 amide bonds. The zero-order valence-electron chi connectivity index (χ0n) is 19.4. The van der Waals surface area contributed by atoms with Gasteiger partial charge in [-0.05, 0) is 71.6 Å². The Morgan fingerprint density at radius 3 is 2.19 bits per heavy atom. The van der Waals surface area contributed by atoms with E-state index in [0.717, 1.165) is 12.1 Å². The van der Waals surface area contributed by atoms with Gasteiger partial charge in [-0.3, -0.25) is 5.84 Å². The molecule has 7 nitrogen and oxygen atoms in total. The van der Waals surface area contributed by atoms with E-state index < -0.39 is 41.8 Å². The maximum Gasteiger partial charge on any atom is 0.492 e. The fourth-order valence-electron chi connectivity index (χ4n) is 2.87. The number of hydrazine groups is 1. The van der Waals surface area contributed by atoms with Gasteiger partial charge in [0.25, 0.3) is 0 Å². The van der Waals surface area contributed by atoms with E-state index in [-0.39, 0.29) is 12.2 Å². The molecule has 2 rings (SSSR count). The van der Waals surface area contributed by atoms with Crippen LogP contribution in [0.15, 0.2) is 23.7 Å². The number of carbonyl (C=O) groups is 1. The summed E-state index contributed by atoms with van der Waals surface area (Å²) in [5.74, 6) is 5.47. The SMILES string of the molecule is CC(C)(C)OC(=O)NCC(=Cc1ccc(C(F)(F)F)cc1NN)B1OC(C)(C)C(C)(C)O1. The third kappa shape index (κ3) is 6.40. The lowest BCUT2D eigenvalue weighted by molar-refractivity contribution is -0.137. The van der Waals surface area contributed by atoms with Crippen LogP contribution in [0.3, 0.4) is 0 Å². The Bertz CT molecular complexity index is 864. The zero-order valence-corrected chi connectivity index (χ0v) is 19.4. The second-order valence-electron chi connectivity index (χ2n) is 9.61. The van der Waals surface area contributed by atoms with Crippen molar-refractivity contribution in [3.63, 3.8) is 0 Å². The van der Waals surface area contributed by atoms with Crippen molar-refractivity contribution in [2.45, 2.75) is 71.4 Å². The van der Waals surface area contributed by atoms with E-state index >= 15 is 0 Å². The smallest absolute Gasteiger partial charge is 0.444 e. The van der Waals surface area contributed by atoms with Crippen LogP contribution in [0.2, 0.25) is 0 Å². The summed E-state index contributed by atoms with van der Waals surface area (Å²) in [6.45, 7) is 12.7. The molecule has 0 aliphatic carbocycles. The van der Waals surface area contributed by atoms with Crippen molar-refractivity contribution in [1.82, 2.24) is 5.32 Å². The molecule has 0 radical (unpaired) electrons. The molecule has 178 valence electrons. The molecule has 1 aromatic carbocycles. The standard InChI is InChI=1S/C21H31BF3N3O4/c1-18(2,3)30-17(29)27-12-15(22-31-19(4,5)20(6,7)32-22)10-13-8-9-14(21(23,24)25)11-16(13)28-26/h8-11,28H,12,26H2,1-7H3,(H,27,29). The minimum atomic E-state index is -4.51. The van der Waals surface area contributed by atoms with Gasteiger partial charge in [0.2, 0.25) is 0 Å². The summed E-state index contributed by atoms with van der Waals surface area (Å²) in [4.78, 5) is 12.2. The summed E-state index contributed by atoms with van der Waals surface area (Å²) in [7, 11) is -0.845. The highest BCUT2D eigenvalue weighted by Gasteiger charge is 2.52. The molecule has 32 heavy (non-hydrogen) atoms. The van der Waals surface area contributed by atoms with Gasteiger partial charge in [0.15, 0.2) is 0 Å². The molecular formula is C21H31BF3N3O4. The van der Waals surface area contributed by atoms with E-state index in [1.165, 1.54) is 6.07 Å². The molecule has 4 N–H and O–H groups in total. The topological polar surface area (TPSA) is 94.8 Å². The number of halogens is 3. The molecule has 0 spiro atoms. The lowest BCUT2D eigenvalue weighted by Crippen LogP contribution is -2.41. The Morgan fingerprint density at radius 1 is 1.16 bits per heavy atom. The number of alkyl halides is 3. The number of rotatable bonds is 5. The van der Waals surface area contributed by atoms with Crippen molar-refractivity contribution in [1.29, 1.82) is 0 Å². The highest BCUT2D eigenvalue weighted by molar-refractivity contribution is 6.56. The van der Waals surface area contributed by atoms with Gasteiger partial charge in [-0.15, -0.1) is 0 Å². The minimum absolute atomic E-state index is 0.0171. The molecule has 0 saturated carbocycles. The van der Waals surface area contributed by atoms with E-state index in [1.807, 2.05) is 27.7 Å². The molecule has 1 aromatic rings. The second-order valence-corrected chi connectivity index (χ2v) is 9.61. The molecule has 1 aliphatic heterocycles. The van der Waals surface area contributed by atoms with Crippen molar-refractivity contribution in [3.8, 4) is 0 Å². The maximum absolute atomic E-state index is 13.1. The van der Waals surface area contributed by atoms with Crippen LogP contribution in [0.1, 0.15) is 59.6 Å². The van der Waals surface area contributed by atoms with Gasteiger partial charge in [0.05, 0.1) is 22.5 Å². The van der Waals surface area contributed by atoms with Gasteiger partial charge in [-0.2, -0.15) is 13.2 Å². The number of nitrogens with one attached hydrogen (secondary N) is 2. The molecule has 1 aliphatic rings. The number of amides is 1.